The van der Waals surface area contributed by atoms with Crippen molar-refractivity contribution >= 4 is 20.9 Å². The molecule has 1 unspecified atom stereocenters. The van der Waals surface area contributed by atoms with Gasteiger partial charge in [0.05, 0.1) is 29.3 Å². The second-order valence-electron chi connectivity index (χ2n) is 3.96. The molecule has 7 heteroatoms. The van der Waals surface area contributed by atoms with Gasteiger partial charge >= 0.3 is 0 Å². The van der Waals surface area contributed by atoms with E-state index >= 15 is 0 Å². The van der Waals surface area contributed by atoms with Crippen molar-refractivity contribution in [2.24, 2.45) is 0 Å². The van der Waals surface area contributed by atoms with Gasteiger partial charge in [-0.1, -0.05) is 5.21 Å². The van der Waals surface area contributed by atoms with Crippen LogP contribution in [-0.4, -0.2) is 39.9 Å². The first kappa shape index (κ1) is 9.71. The van der Waals surface area contributed by atoms with E-state index in [0.29, 0.717) is 11.9 Å². The second-order valence-corrected chi connectivity index (χ2v) is 6.18. The molecule has 1 fully saturated rings. The minimum absolute atomic E-state index is 0.0857. The predicted octanol–water partition coefficient (Wildman–Crippen LogP) is 0.186. The first-order chi connectivity index (χ1) is 7.66. The van der Waals surface area contributed by atoms with Gasteiger partial charge in [-0.2, -0.15) is 0 Å². The van der Waals surface area contributed by atoms with Crippen molar-refractivity contribution in [3.8, 4) is 0 Å². The SMILES string of the molecule is O=S1(=O)CCC(n2nnc3cnccc32)C1. The largest absolute Gasteiger partial charge is 0.262 e. The molecule has 16 heavy (non-hydrogen) atoms. The molecule has 6 nitrogen and oxygen atoms in total. The standard InChI is InChI=1S/C9H10N4O2S/c14-16(15)4-2-7(6-16)13-9-1-3-10-5-8(9)11-12-13/h1,3,5,7H,2,4,6H2. The number of aromatic nitrogens is 4. The van der Waals surface area contributed by atoms with Crippen LogP contribution in [0.3, 0.4) is 0 Å². The first-order valence-electron chi connectivity index (χ1n) is 5.01. The Morgan fingerprint density at radius 2 is 2.31 bits per heavy atom. The highest BCUT2D eigenvalue weighted by Gasteiger charge is 2.30. The Balaban J connectivity index is 2.07. The molecule has 1 atom stereocenters. The van der Waals surface area contributed by atoms with E-state index in [4.69, 9.17) is 0 Å². The van der Waals surface area contributed by atoms with E-state index in [1.807, 2.05) is 0 Å². The number of fused-ring (bicyclic) bond motifs is 1. The molecule has 0 N–H and O–H groups in total. The molecule has 0 amide bonds. The topological polar surface area (TPSA) is 77.7 Å². The smallest absolute Gasteiger partial charge is 0.152 e. The van der Waals surface area contributed by atoms with E-state index in [0.717, 1.165) is 5.52 Å². The van der Waals surface area contributed by atoms with Crippen LogP contribution in [-0.2, 0) is 9.84 Å². The van der Waals surface area contributed by atoms with Crippen LogP contribution in [0.25, 0.3) is 11.0 Å². The Hall–Kier alpha value is -1.50. The molecule has 0 radical (unpaired) electrons. The van der Waals surface area contributed by atoms with E-state index in [1.54, 1.807) is 23.1 Å². The fraction of sp³-hybridized carbons (Fsp3) is 0.444. The van der Waals surface area contributed by atoms with Gasteiger partial charge in [0, 0.05) is 6.20 Å². The maximum Gasteiger partial charge on any atom is 0.152 e. The summed E-state index contributed by atoms with van der Waals surface area (Å²) in [5.41, 5.74) is 1.55. The van der Waals surface area contributed by atoms with Crippen LogP contribution in [0, 0.1) is 0 Å². The maximum absolute atomic E-state index is 11.4. The van der Waals surface area contributed by atoms with E-state index in [-0.39, 0.29) is 17.5 Å². The van der Waals surface area contributed by atoms with E-state index in [2.05, 4.69) is 15.3 Å². The third kappa shape index (κ3) is 1.47. The maximum atomic E-state index is 11.4. The van der Waals surface area contributed by atoms with E-state index in [1.165, 1.54) is 0 Å². The average molecular weight is 238 g/mol. The van der Waals surface area contributed by atoms with Crippen molar-refractivity contribution in [1.29, 1.82) is 0 Å². The minimum atomic E-state index is -2.89. The number of sulfone groups is 1. The highest BCUT2D eigenvalue weighted by molar-refractivity contribution is 7.91. The molecule has 0 saturated carbocycles. The summed E-state index contributed by atoms with van der Waals surface area (Å²) in [4.78, 5) is 3.95. The van der Waals surface area contributed by atoms with Gasteiger partial charge in [-0.3, -0.25) is 4.98 Å². The lowest BCUT2D eigenvalue weighted by Crippen LogP contribution is -2.12. The second kappa shape index (κ2) is 3.24. The summed E-state index contributed by atoms with van der Waals surface area (Å²) in [6, 6.07) is 1.72. The van der Waals surface area contributed by atoms with Gasteiger partial charge in [-0.15, -0.1) is 5.10 Å². The van der Waals surface area contributed by atoms with Gasteiger partial charge in [0.25, 0.3) is 0 Å². The molecule has 2 aromatic heterocycles. The van der Waals surface area contributed by atoms with Gasteiger partial charge in [-0.05, 0) is 12.5 Å². The van der Waals surface area contributed by atoms with Gasteiger partial charge in [0.1, 0.15) is 5.52 Å². The highest BCUT2D eigenvalue weighted by Crippen LogP contribution is 2.25. The summed E-state index contributed by atoms with van der Waals surface area (Å²) in [6.07, 6.45) is 3.90. The van der Waals surface area contributed by atoms with Gasteiger partial charge in [-0.25, -0.2) is 13.1 Å². The highest BCUT2D eigenvalue weighted by atomic mass is 32.2. The molecule has 1 aliphatic rings. The fourth-order valence-corrected chi connectivity index (χ4v) is 3.72. The molecular weight excluding hydrogens is 228 g/mol. The molecule has 0 bridgehead atoms. The molecule has 1 saturated heterocycles. The molecule has 0 spiro atoms. The van der Waals surface area contributed by atoms with E-state index < -0.39 is 9.84 Å². The predicted molar refractivity (Wildman–Crippen MR) is 57.6 cm³/mol. The summed E-state index contributed by atoms with van der Waals surface area (Å²) < 4.78 is 24.5. The molecule has 0 aliphatic carbocycles. The quantitative estimate of drug-likeness (QED) is 0.708. The normalized spacial score (nSPS) is 23.9. The summed E-state index contributed by atoms with van der Waals surface area (Å²) in [5, 5.41) is 7.97. The van der Waals surface area contributed by atoms with Crippen molar-refractivity contribution in [2.75, 3.05) is 11.5 Å². The van der Waals surface area contributed by atoms with Crippen molar-refractivity contribution in [2.45, 2.75) is 12.5 Å². The number of hydrogen-bond acceptors (Lipinski definition) is 5. The van der Waals surface area contributed by atoms with Crippen LogP contribution >= 0.6 is 0 Å². The third-order valence-corrected chi connectivity index (χ3v) is 4.58. The van der Waals surface area contributed by atoms with Crippen LogP contribution in [0.4, 0.5) is 0 Å². The van der Waals surface area contributed by atoms with Crippen LogP contribution in [0.5, 0.6) is 0 Å². The Bertz CT molecular complexity index is 634. The summed E-state index contributed by atoms with van der Waals surface area (Å²) in [7, 11) is -2.89. The lowest BCUT2D eigenvalue weighted by Gasteiger charge is -2.07. The van der Waals surface area contributed by atoms with Crippen molar-refractivity contribution in [3.63, 3.8) is 0 Å². The van der Waals surface area contributed by atoms with Gasteiger partial charge in [0.15, 0.2) is 9.84 Å². The van der Waals surface area contributed by atoms with Crippen LogP contribution in [0.2, 0.25) is 0 Å². The van der Waals surface area contributed by atoms with Crippen LogP contribution in [0.15, 0.2) is 18.5 Å². The third-order valence-electron chi connectivity index (χ3n) is 2.83. The molecule has 84 valence electrons. The molecule has 2 aromatic rings. The summed E-state index contributed by atoms with van der Waals surface area (Å²) >= 11 is 0. The molecule has 3 rings (SSSR count). The average Bonchev–Trinajstić information content (AvgIpc) is 2.81. The number of nitrogens with zero attached hydrogens (tertiary/aromatic N) is 4. The molecule has 3 heterocycles. The number of rotatable bonds is 1. The first-order valence-corrected chi connectivity index (χ1v) is 6.83. The minimum Gasteiger partial charge on any atom is -0.262 e. The molecule has 1 aliphatic heterocycles. The number of pyridine rings is 1. The number of hydrogen-bond donors (Lipinski definition) is 0. The Morgan fingerprint density at radius 3 is 3.06 bits per heavy atom. The van der Waals surface area contributed by atoms with Crippen LogP contribution < -0.4 is 0 Å². The summed E-state index contributed by atoms with van der Waals surface area (Å²) in [6.45, 7) is 0. The van der Waals surface area contributed by atoms with Crippen molar-refractivity contribution < 1.29 is 8.42 Å². The Labute approximate surface area is 92.2 Å². The van der Waals surface area contributed by atoms with Gasteiger partial charge < -0.3 is 0 Å². The van der Waals surface area contributed by atoms with Crippen molar-refractivity contribution in [3.05, 3.63) is 18.5 Å². The monoisotopic (exact) mass is 238 g/mol. The summed E-state index contributed by atoms with van der Waals surface area (Å²) in [5.74, 6) is 0.401. The lowest BCUT2D eigenvalue weighted by atomic mass is 10.2. The van der Waals surface area contributed by atoms with Gasteiger partial charge in [0.2, 0.25) is 0 Å². The van der Waals surface area contributed by atoms with Crippen LogP contribution in [0.1, 0.15) is 12.5 Å². The Morgan fingerprint density at radius 1 is 1.44 bits per heavy atom. The molecule has 0 aromatic carbocycles. The molecular formula is C9H10N4O2S. The zero-order chi connectivity index (χ0) is 11.2. The van der Waals surface area contributed by atoms with E-state index in [9.17, 15) is 8.42 Å². The van der Waals surface area contributed by atoms with Crippen molar-refractivity contribution in [1.82, 2.24) is 20.0 Å². The fourth-order valence-electron chi connectivity index (χ4n) is 2.03. The zero-order valence-electron chi connectivity index (χ0n) is 8.44. The zero-order valence-corrected chi connectivity index (χ0v) is 9.26. The Kier molecular flexibility index (Phi) is 1.97. The lowest BCUT2D eigenvalue weighted by molar-refractivity contribution is 0.499.